The molecule has 2 heterocycles. The second-order valence-electron chi connectivity index (χ2n) is 4.57. The summed E-state index contributed by atoms with van der Waals surface area (Å²) in [6.45, 7) is 0.497. The van der Waals surface area contributed by atoms with E-state index in [1.165, 1.54) is 4.90 Å². The number of alkyl halides is 3. The number of rotatable bonds is 2. The fraction of sp³-hybridized carbons (Fsp3) is 0.900. The summed E-state index contributed by atoms with van der Waals surface area (Å²) < 4.78 is 38.2. The molecular formula is C10H16F3N3O. The lowest BCUT2D eigenvalue weighted by Crippen LogP contribution is -2.59. The molecule has 2 aliphatic rings. The van der Waals surface area contributed by atoms with Crippen LogP contribution in [0, 0.1) is 0 Å². The Hall–Kier alpha value is -0.820. The van der Waals surface area contributed by atoms with Crippen LogP contribution in [-0.4, -0.2) is 60.1 Å². The summed E-state index contributed by atoms with van der Waals surface area (Å²) >= 11 is 0. The van der Waals surface area contributed by atoms with Crippen LogP contribution in [0.5, 0.6) is 0 Å². The van der Waals surface area contributed by atoms with Crippen molar-refractivity contribution in [2.75, 3.05) is 26.2 Å². The smallest absolute Gasteiger partial charge is 0.337 e. The summed E-state index contributed by atoms with van der Waals surface area (Å²) in [5.41, 5.74) is 5.21. The Labute approximate surface area is 97.5 Å². The number of hydrogen-bond donors (Lipinski definition) is 1. The summed E-state index contributed by atoms with van der Waals surface area (Å²) in [6.07, 6.45) is -3.18. The Kier molecular flexibility index (Phi) is 3.31. The zero-order valence-corrected chi connectivity index (χ0v) is 9.41. The fourth-order valence-electron chi connectivity index (χ4n) is 2.66. The highest BCUT2D eigenvalue weighted by atomic mass is 19.4. The third kappa shape index (κ3) is 2.40. The van der Waals surface area contributed by atoms with Crippen molar-refractivity contribution in [3.05, 3.63) is 0 Å². The number of halogens is 3. The van der Waals surface area contributed by atoms with Gasteiger partial charge in [0.2, 0.25) is 5.91 Å². The summed E-state index contributed by atoms with van der Waals surface area (Å²) in [5, 5.41) is 0. The minimum absolute atomic E-state index is 0.0611. The molecule has 2 saturated heterocycles. The van der Waals surface area contributed by atoms with E-state index in [-0.39, 0.29) is 25.0 Å². The molecule has 17 heavy (non-hydrogen) atoms. The molecule has 0 aromatic heterocycles. The molecule has 0 bridgehead atoms. The number of nitrogens with zero attached hydrogens (tertiary/aromatic N) is 2. The van der Waals surface area contributed by atoms with Gasteiger partial charge in [0.25, 0.3) is 0 Å². The molecule has 2 aliphatic heterocycles. The van der Waals surface area contributed by atoms with Crippen molar-refractivity contribution >= 4 is 5.91 Å². The molecule has 1 amide bonds. The van der Waals surface area contributed by atoms with Crippen molar-refractivity contribution in [2.24, 2.45) is 5.73 Å². The summed E-state index contributed by atoms with van der Waals surface area (Å²) in [5.74, 6) is 0.0611. The lowest BCUT2D eigenvalue weighted by atomic mass is 10.1. The number of fused-ring (bicyclic) bond motifs is 1. The van der Waals surface area contributed by atoms with Gasteiger partial charge in [0, 0.05) is 38.6 Å². The molecule has 0 radical (unpaired) electrons. The van der Waals surface area contributed by atoms with E-state index in [1.54, 1.807) is 4.90 Å². The van der Waals surface area contributed by atoms with E-state index in [2.05, 4.69) is 0 Å². The number of carbonyl (C=O) groups excluding carboxylic acids is 1. The van der Waals surface area contributed by atoms with Crippen LogP contribution < -0.4 is 5.73 Å². The third-order valence-electron chi connectivity index (χ3n) is 3.57. The van der Waals surface area contributed by atoms with E-state index in [1.807, 2.05) is 0 Å². The standard InChI is InChI=1S/C10H16F3N3O/c11-10(12,13)8(5-14)15-3-4-16-7(6-15)1-2-9(16)17/h7-8H,1-6,14H2. The van der Waals surface area contributed by atoms with Gasteiger partial charge in [-0.25, -0.2) is 0 Å². The second kappa shape index (κ2) is 4.45. The average Bonchev–Trinajstić information content (AvgIpc) is 2.59. The van der Waals surface area contributed by atoms with Crippen LogP contribution in [0.3, 0.4) is 0 Å². The Morgan fingerprint density at radius 1 is 1.41 bits per heavy atom. The molecule has 0 saturated carbocycles. The highest BCUT2D eigenvalue weighted by molar-refractivity contribution is 5.78. The van der Waals surface area contributed by atoms with Crippen LogP contribution in [-0.2, 0) is 4.79 Å². The van der Waals surface area contributed by atoms with E-state index >= 15 is 0 Å². The van der Waals surface area contributed by atoms with Crippen molar-refractivity contribution in [1.82, 2.24) is 9.80 Å². The first-order valence-electron chi connectivity index (χ1n) is 5.73. The molecule has 0 aromatic rings. The Morgan fingerprint density at radius 2 is 2.12 bits per heavy atom. The zero-order valence-electron chi connectivity index (χ0n) is 9.41. The normalized spacial score (nSPS) is 28.4. The van der Waals surface area contributed by atoms with Crippen LogP contribution in [0.1, 0.15) is 12.8 Å². The first kappa shape index (κ1) is 12.6. The van der Waals surface area contributed by atoms with Gasteiger partial charge in [0.1, 0.15) is 6.04 Å². The lowest BCUT2D eigenvalue weighted by molar-refractivity contribution is -0.186. The van der Waals surface area contributed by atoms with Crippen LogP contribution >= 0.6 is 0 Å². The van der Waals surface area contributed by atoms with E-state index in [0.717, 1.165) is 0 Å². The molecule has 2 N–H and O–H groups in total. The molecule has 2 atom stereocenters. The van der Waals surface area contributed by atoms with Gasteiger partial charge in [0.15, 0.2) is 0 Å². The van der Waals surface area contributed by atoms with Crippen LogP contribution in [0.2, 0.25) is 0 Å². The molecule has 2 fully saturated rings. The summed E-state index contributed by atoms with van der Waals surface area (Å²) in [4.78, 5) is 14.5. The van der Waals surface area contributed by atoms with Gasteiger partial charge in [-0.15, -0.1) is 0 Å². The van der Waals surface area contributed by atoms with E-state index in [9.17, 15) is 18.0 Å². The highest BCUT2D eigenvalue weighted by Crippen LogP contribution is 2.29. The van der Waals surface area contributed by atoms with Gasteiger partial charge in [-0.2, -0.15) is 13.2 Å². The van der Waals surface area contributed by atoms with E-state index < -0.39 is 18.8 Å². The number of hydrogen-bond acceptors (Lipinski definition) is 3. The van der Waals surface area contributed by atoms with Gasteiger partial charge in [-0.3, -0.25) is 9.69 Å². The van der Waals surface area contributed by atoms with Gasteiger partial charge in [0.05, 0.1) is 0 Å². The monoisotopic (exact) mass is 251 g/mol. The number of amides is 1. The second-order valence-corrected chi connectivity index (χ2v) is 4.57. The quantitative estimate of drug-likeness (QED) is 0.762. The van der Waals surface area contributed by atoms with Crippen LogP contribution in [0.15, 0.2) is 0 Å². The van der Waals surface area contributed by atoms with Gasteiger partial charge >= 0.3 is 6.18 Å². The Balaban J connectivity index is 2.03. The Morgan fingerprint density at radius 3 is 2.71 bits per heavy atom. The van der Waals surface area contributed by atoms with Crippen molar-refractivity contribution in [1.29, 1.82) is 0 Å². The minimum atomic E-state index is -4.29. The van der Waals surface area contributed by atoms with E-state index in [4.69, 9.17) is 5.73 Å². The van der Waals surface area contributed by atoms with Gasteiger partial charge < -0.3 is 10.6 Å². The maximum absolute atomic E-state index is 12.7. The van der Waals surface area contributed by atoms with Gasteiger partial charge in [-0.1, -0.05) is 0 Å². The highest BCUT2D eigenvalue weighted by Gasteiger charge is 2.46. The lowest BCUT2D eigenvalue weighted by Gasteiger charge is -2.41. The number of piperazine rings is 1. The molecule has 0 aromatic carbocycles. The Bertz CT molecular complexity index is 308. The van der Waals surface area contributed by atoms with E-state index in [0.29, 0.717) is 19.4 Å². The molecule has 2 rings (SSSR count). The van der Waals surface area contributed by atoms with Crippen molar-refractivity contribution in [3.8, 4) is 0 Å². The van der Waals surface area contributed by atoms with Crippen molar-refractivity contribution in [3.63, 3.8) is 0 Å². The third-order valence-corrected chi connectivity index (χ3v) is 3.57. The minimum Gasteiger partial charge on any atom is -0.337 e. The maximum Gasteiger partial charge on any atom is 0.405 e. The molecule has 98 valence electrons. The SMILES string of the molecule is NCC(N1CCN2C(=O)CCC2C1)C(F)(F)F. The predicted octanol–water partition coefficient (Wildman–Crippen LogP) is 0.183. The average molecular weight is 251 g/mol. The summed E-state index contributed by atoms with van der Waals surface area (Å²) in [7, 11) is 0. The van der Waals surface area contributed by atoms with Crippen LogP contribution in [0.25, 0.3) is 0 Å². The molecular weight excluding hydrogens is 235 g/mol. The molecule has 4 nitrogen and oxygen atoms in total. The van der Waals surface area contributed by atoms with Crippen LogP contribution in [0.4, 0.5) is 13.2 Å². The zero-order chi connectivity index (χ0) is 12.6. The van der Waals surface area contributed by atoms with Crippen molar-refractivity contribution in [2.45, 2.75) is 31.1 Å². The molecule has 0 aliphatic carbocycles. The summed E-state index contributed by atoms with van der Waals surface area (Å²) in [6, 6.07) is -1.65. The predicted molar refractivity (Wildman–Crippen MR) is 55.2 cm³/mol. The largest absolute Gasteiger partial charge is 0.405 e. The molecule has 0 spiro atoms. The first-order chi connectivity index (χ1) is 7.93. The molecule has 2 unspecified atom stereocenters. The van der Waals surface area contributed by atoms with Crippen molar-refractivity contribution < 1.29 is 18.0 Å². The van der Waals surface area contributed by atoms with Gasteiger partial charge in [-0.05, 0) is 6.42 Å². The number of nitrogens with two attached hydrogens (primary N) is 1. The first-order valence-corrected chi connectivity index (χ1v) is 5.73. The number of carbonyl (C=O) groups is 1. The topological polar surface area (TPSA) is 49.6 Å². The molecule has 7 heteroatoms. The fourth-order valence-corrected chi connectivity index (χ4v) is 2.66. The maximum atomic E-state index is 12.7.